The first-order valence-corrected chi connectivity index (χ1v) is 7.12. The predicted octanol–water partition coefficient (Wildman–Crippen LogP) is 2.22. The fourth-order valence-electron chi connectivity index (χ4n) is 2.62. The minimum atomic E-state index is -0.683. The van der Waals surface area contributed by atoms with Crippen molar-refractivity contribution in [1.29, 1.82) is 0 Å². The molecule has 0 fully saturated rings. The summed E-state index contributed by atoms with van der Waals surface area (Å²) < 4.78 is 11.1. The van der Waals surface area contributed by atoms with Crippen LogP contribution in [0.15, 0.2) is 18.2 Å². The van der Waals surface area contributed by atoms with Crippen molar-refractivity contribution in [1.82, 2.24) is 0 Å². The SMILES string of the molecule is CCOC(=O)C(C)(CN)CC1Cc2cc(C)ccc2O1. The minimum absolute atomic E-state index is 0.00949. The lowest BCUT2D eigenvalue weighted by molar-refractivity contribution is -0.155. The highest BCUT2D eigenvalue weighted by Crippen LogP contribution is 2.35. The molecule has 0 spiro atoms. The Kier molecular flexibility index (Phi) is 4.33. The van der Waals surface area contributed by atoms with Crippen LogP contribution in [0.3, 0.4) is 0 Å². The monoisotopic (exact) mass is 277 g/mol. The van der Waals surface area contributed by atoms with E-state index in [-0.39, 0.29) is 18.6 Å². The van der Waals surface area contributed by atoms with Crippen LogP contribution in [0.4, 0.5) is 0 Å². The van der Waals surface area contributed by atoms with E-state index >= 15 is 0 Å². The van der Waals surface area contributed by atoms with E-state index < -0.39 is 5.41 Å². The molecule has 1 aromatic rings. The van der Waals surface area contributed by atoms with Crippen molar-refractivity contribution in [2.75, 3.05) is 13.2 Å². The molecule has 1 aromatic carbocycles. The molecule has 0 amide bonds. The maximum Gasteiger partial charge on any atom is 0.313 e. The first kappa shape index (κ1) is 14.9. The molecule has 2 rings (SSSR count). The Morgan fingerprint density at radius 3 is 2.95 bits per heavy atom. The van der Waals surface area contributed by atoms with Crippen LogP contribution in [0, 0.1) is 12.3 Å². The van der Waals surface area contributed by atoms with Crippen molar-refractivity contribution in [3.05, 3.63) is 29.3 Å². The van der Waals surface area contributed by atoms with Gasteiger partial charge in [-0.2, -0.15) is 0 Å². The molecule has 20 heavy (non-hydrogen) atoms. The summed E-state index contributed by atoms with van der Waals surface area (Å²) in [4.78, 5) is 12.1. The maximum atomic E-state index is 12.1. The Morgan fingerprint density at radius 2 is 2.30 bits per heavy atom. The van der Waals surface area contributed by atoms with Crippen molar-refractivity contribution in [2.24, 2.45) is 11.1 Å². The molecule has 4 nitrogen and oxygen atoms in total. The van der Waals surface area contributed by atoms with E-state index in [9.17, 15) is 4.79 Å². The molecular weight excluding hydrogens is 254 g/mol. The first-order valence-electron chi connectivity index (χ1n) is 7.12. The van der Waals surface area contributed by atoms with Gasteiger partial charge < -0.3 is 15.2 Å². The van der Waals surface area contributed by atoms with Gasteiger partial charge in [0.15, 0.2) is 0 Å². The maximum absolute atomic E-state index is 12.1. The molecule has 2 unspecified atom stereocenters. The predicted molar refractivity (Wildman–Crippen MR) is 77.7 cm³/mol. The van der Waals surface area contributed by atoms with Crippen molar-refractivity contribution in [2.45, 2.75) is 39.7 Å². The average Bonchev–Trinajstić information content (AvgIpc) is 2.79. The van der Waals surface area contributed by atoms with Gasteiger partial charge in [-0.05, 0) is 32.4 Å². The fraction of sp³-hybridized carbons (Fsp3) is 0.562. The molecule has 1 heterocycles. The highest BCUT2D eigenvalue weighted by Gasteiger charge is 2.38. The van der Waals surface area contributed by atoms with Crippen LogP contribution >= 0.6 is 0 Å². The molecule has 0 saturated heterocycles. The molecule has 0 radical (unpaired) electrons. The summed E-state index contributed by atoms with van der Waals surface area (Å²) in [6.07, 6.45) is 1.40. The van der Waals surface area contributed by atoms with Crippen LogP contribution < -0.4 is 10.5 Å². The molecule has 1 aliphatic rings. The Morgan fingerprint density at radius 1 is 1.55 bits per heavy atom. The molecule has 2 N–H and O–H groups in total. The van der Waals surface area contributed by atoms with Crippen LogP contribution in [0.25, 0.3) is 0 Å². The van der Waals surface area contributed by atoms with Crippen molar-refractivity contribution >= 4 is 5.97 Å². The summed E-state index contributed by atoms with van der Waals surface area (Å²) in [7, 11) is 0. The average molecular weight is 277 g/mol. The fourth-order valence-corrected chi connectivity index (χ4v) is 2.62. The van der Waals surface area contributed by atoms with Crippen molar-refractivity contribution < 1.29 is 14.3 Å². The van der Waals surface area contributed by atoms with Gasteiger partial charge in [0.2, 0.25) is 0 Å². The number of hydrogen-bond donors (Lipinski definition) is 1. The zero-order chi connectivity index (χ0) is 14.8. The highest BCUT2D eigenvalue weighted by atomic mass is 16.5. The largest absolute Gasteiger partial charge is 0.490 e. The standard InChI is InChI=1S/C16H23NO3/c1-4-19-15(18)16(3,10-17)9-13-8-12-7-11(2)5-6-14(12)20-13/h5-7,13H,4,8-10,17H2,1-3H3. The van der Waals surface area contributed by atoms with Crippen LogP contribution in [-0.4, -0.2) is 25.2 Å². The summed E-state index contributed by atoms with van der Waals surface area (Å²) in [5, 5.41) is 0. The molecule has 1 aliphatic heterocycles. The summed E-state index contributed by atoms with van der Waals surface area (Å²) in [6.45, 7) is 6.36. The number of hydrogen-bond acceptors (Lipinski definition) is 4. The van der Waals surface area contributed by atoms with Gasteiger partial charge in [-0.3, -0.25) is 4.79 Å². The van der Waals surface area contributed by atoms with Gasteiger partial charge in [-0.25, -0.2) is 0 Å². The number of nitrogens with two attached hydrogens (primary N) is 1. The molecule has 2 atom stereocenters. The number of aryl methyl sites for hydroxylation is 1. The summed E-state index contributed by atoms with van der Waals surface area (Å²) in [5.41, 5.74) is 7.54. The van der Waals surface area contributed by atoms with Gasteiger partial charge in [0.05, 0.1) is 12.0 Å². The van der Waals surface area contributed by atoms with Gasteiger partial charge in [-0.15, -0.1) is 0 Å². The third-order valence-electron chi connectivity index (χ3n) is 3.85. The number of fused-ring (bicyclic) bond motifs is 1. The number of carbonyl (C=O) groups excluding carboxylic acids is 1. The second-order valence-electron chi connectivity index (χ2n) is 5.74. The molecule has 0 saturated carbocycles. The van der Waals surface area contributed by atoms with E-state index in [1.165, 1.54) is 11.1 Å². The summed E-state index contributed by atoms with van der Waals surface area (Å²) >= 11 is 0. The summed E-state index contributed by atoms with van der Waals surface area (Å²) in [5.74, 6) is 0.682. The van der Waals surface area contributed by atoms with E-state index in [1.54, 1.807) is 6.92 Å². The molecule has 0 aromatic heterocycles. The third-order valence-corrected chi connectivity index (χ3v) is 3.85. The normalized spacial score (nSPS) is 19.9. The second-order valence-corrected chi connectivity index (χ2v) is 5.74. The van der Waals surface area contributed by atoms with Crippen LogP contribution in [0.2, 0.25) is 0 Å². The topological polar surface area (TPSA) is 61.5 Å². The van der Waals surface area contributed by atoms with Crippen LogP contribution in [-0.2, 0) is 16.0 Å². The molecule has 110 valence electrons. The number of carbonyl (C=O) groups is 1. The number of ether oxygens (including phenoxy) is 2. The highest BCUT2D eigenvalue weighted by molar-refractivity contribution is 5.76. The Balaban J connectivity index is 2.06. The third kappa shape index (κ3) is 2.96. The Bertz CT molecular complexity index is 500. The number of esters is 1. The quantitative estimate of drug-likeness (QED) is 0.838. The zero-order valence-corrected chi connectivity index (χ0v) is 12.4. The lowest BCUT2D eigenvalue weighted by atomic mass is 9.83. The van der Waals surface area contributed by atoms with E-state index in [2.05, 4.69) is 13.0 Å². The molecule has 0 aliphatic carbocycles. The van der Waals surface area contributed by atoms with E-state index in [1.807, 2.05) is 19.1 Å². The van der Waals surface area contributed by atoms with Gasteiger partial charge in [0.25, 0.3) is 0 Å². The van der Waals surface area contributed by atoms with E-state index in [0.29, 0.717) is 13.0 Å². The van der Waals surface area contributed by atoms with E-state index in [4.69, 9.17) is 15.2 Å². The minimum Gasteiger partial charge on any atom is -0.490 e. The lowest BCUT2D eigenvalue weighted by Crippen LogP contribution is -2.41. The second kappa shape index (κ2) is 5.83. The lowest BCUT2D eigenvalue weighted by Gasteiger charge is -2.28. The Labute approximate surface area is 120 Å². The molecular formula is C16H23NO3. The molecule has 0 bridgehead atoms. The van der Waals surface area contributed by atoms with Crippen molar-refractivity contribution in [3.63, 3.8) is 0 Å². The van der Waals surface area contributed by atoms with Crippen LogP contribution in [0.5, 0.6) is 5.75 Å². The van der Waals surface area contributed by atoms with Gasteiger partial charge in [0.1, 0.15) is 11.9 Å². The van der Waals surface area contributed by atoms with Crippen molar-refractivity contribution in [3.8, 4) is 5.75 Å². The first-order chi connectivity index (χ1) is 9.48. The number of rotatable bonds is 5. The Hall–Kier alpha value is -1.55. The molecule has 4 heteroatoms. The van der Waals surface area contributed by atoms with Gasteiger partial charge in [-0.1, -0.05) is 17.7 Å². The van der Waals surface area contributed by atoms with Gasteiger partial charge in [0, 0.05) is 19.4 Å². The zero-order valence-electron chi connectivity index (χ0n) is 12.4. The smallest absolute Gasteiger partial charge is 0.313 e. The van der Waals surface area contributed by atoms with Gasteiger partial charge >= 0.3 is 5.97 Å². The number of benzene rings is 1. The van der Waals surface area contributed by atoms with E-state index in [0.717, 1.165) is 12.2 Å². The summed E-state index contributed by atoms with van der Waals surface area (Å²) in [6, 6.07) is 6.17. The van der Waals surface area contributed by atoms with Crippen LogP contribution in [0.1, 0.15) is 31.4 Å².